The third-order valence-corrected chi connectivity index (χ3v) is 4.75. The average Bonchev–Trinajstić information content (AvgIpc) is 2.98. The van der Waals surface area contributed by atoms with E-state index in [0.717, 1.165) is 12.8 Å². The van der Waals surface area contributed by atoms with Gasteiger partial charge in [-0.2, -0.15) is 0 Å². The van der Waals surface area contributed by atoms with Gasteiger partial charge < -0.3 is 4.55 Å². The molecule has 0 radical (unpaired) electrons. The van der Waals surface area contributed by atoms with Gasteiger partial charge in [0.25, 0.3) is 0 Å². The Morgan fingerprint density at radius 1 is 0.947 bits per heavy atom. The molecule has 1 aliphatic carbocycles. The fourth-order valence-corrected chi connectivity index (χ4v) is 3.60. The SMILES string of the molecule is CCCCCCCCCCC1CC1CS(=O)(=O)[O-].[Na+]. The third kappa shape index (κ3) is 11.3. The summed E-state index contributed by atoms with van der Waals surface area (Å²) in [5, 5.41) is 0. The predicted molar refractivity (Wildman–Crippen MR) is 73.4 cm³/mol. The maximum atomic E-state index is 10.6. The van der Waals surface area contributed by atoms with Gasteiger partial charge in [-0.1, -0.05) is 64.7 Å². The molecule has 1 saturated carbocycles. The van der Waals surface area contributed by atoms with Gasteiger partial charge in [0.15, 0.2) is 0 Å². The summed E-state index contributed by atoms with van der Waals surface area (Å²) in [5.74, 6) is 0.570. The minimum atomic E-state index is -3.99. The topological polar surface area (TPSA) is 57.2 Å². The Bertz CT molecular complexity index is 317. The first kappa shape index (κ1) is 19.9. The van der Waals surface area contributed by atoms with Crippen molar-refractivity contribution in [3.8, 4) is 0 Å². The fraction of sp³-hybridized carbons (Fsp3) is 1.00. The number of hydrogen-bond donors (Lipinski definition) is 0. The number of unbranched alkanes of at least 4 members (excludes halogenated alkanes) is 7. The van der Waals surface area contributed by atoms with Gasteiger partial charge in [-0.25, -0.2) is 8.42 Å². The molecule has 19 heavy (non-hydrogen) atoms. The molecule has 3 nitrogen and oxygen atoms in total. The summed E-state index contributed by atoms with van der Waals surface area (Å²) in [7, 11) is -3.99. The molecule has 0 spiro atoms. The van der Waals surface area contributed by atoms with Crippen molar-refractivity contribution in [3.05, 3.63) is 0 Å². The molecular weight excluding hydrogens is 271 g/mol. The zero-order valence-corrected chi connectivity index (χ0v) is 15.4. The summed E-state index contributed by atoms with van der Waals surface area (Å²) in [4.78, 5) is 0. The van der Waals surface area contributed by atoms with Gasteiger partial charge in [-0.05, 0) is 18.3 Å². The van der Waals surface area contributed by atoms with E-state index in [1.807, 2.05) is 0 Å². The van der Waals surface area contributed by atoms with Crippen molar-refractivity contribution in [1.29, 1.82) is 0 Å². The van der Waals surface area contributed by atoms with Crippen LogP contribution in [0, 0.1) is 11.8 Å². The molecule has 1 fully saturated rings. The Labute approximate surface area is 141 Å². The van der Waals surface area contributed by atoms with Gasteiger partial charge in [-0.15, -0.1) is 0 Å². The van der Waals surface area contributed by atoms with Gasteiger partial charge in [0.05, 0.1) is 10.1 Å². The summed E-state index contributed by atoms with van der Waals surface area (Å²) in [6.07, 6.45) is 12.6. The van der Waals surface area contributed by atoms with Crippen LogP contribution in [-0.2, 0) is 10.1 Å². The molecule has 0 bridgehead atoms. The molecule has 0 N–H and O–H groups in total. The van der Waals surface area contributed by atoms with E-state index in [9.17, 15) is 13.0 Å². The Morgan fingerprint density at radius 2 is 1.47 bits per heavy atom. The Balaban J connectivity index is 0.00000324. The fourth-order valence-electron chi connectivity index (χ4n) is 2.67. The van der Waals surface area contributed by atoms with E-state index in [0.29, 0.717) is 5.92 Å². The molecule has 0 saturated heterocycles. The maximum absolute atomic E-state index is 10.6. The second-order valence-electron chi connectivity index (χ2n) is 5.74. The largest absolute Gasteiger partial charge is 1.00 e. The molecule has 1 rings (SSSR count). The van der Waals surface area contributed by atoms with Crippen LogP contribution in [-0.4, -0.2) is 18.7 Å². The van der Waals surface area contributed by atoms with Crippen LogP contribution in [0.25, 0.3) is 0 Å². The molecular formula is C14H27NaO3S. The first-order valence-corrected chi connectivity index (χ1v) is 9.04. The molecule has 108 valence electrons. The predicted octanol–water partition coefficient (Wildman–Crippen LogP) is 0.703. The Kier molecular flexibility index (Phi) is 11.1. The van der Waals surface area contributed by atoms with Crippen LogP contribution < -0.4 is 29.6 Å². The minimum absolute atomic E-state index is 0. The van der Waals surface area contributed by atoms with Crippen LogP contribution in [0.5, 0.6) is 0 Å². The van der Waals surface area contributed by atoms with Crippen molar-refractivity contribution in [3.63, 3.8) is 0 Å². The van der Waals surface area contributed by atoms with Crippen molar-refractivity contribution < 1.29 is 42.5 Å². The zero-order chi connectivity index (χ0) is 13.4. The van der Waals surface area contributed by atoms with Crippen LogP contribution in [0.3, 0.4) is 0 Å². The first-order valence-electron chi connectivity index (χ1n) is 7.46. The van der Waals surface area contributed by atoms with Crippen LogP contribution in [0.4, 0.5) is 0 Å². The quantitative estimate of drug-likeness (QED) is 0.320. The second kappa shape index (κ2) is 10.6. The number of hydrogen-bond acceptors (Lipinski definition) is 3. The average molecular weight is 298 g/mol. The maximum Gasteiger partial charge on any atom is 1.00 e. The van der Waals surface area contributed by atoms with Crippen LogP contribution in [0.15, 0.2) is 0 Å². The molecule has 0 aromatic rings. The van der Waals surface area contributed by atoms with E-state index >= 15 is 0 Å². The van der Waals surface area contributed by atoms with Gasteiger partial charge in [0.1, 0.15) is 0 Å². The van der Waals surface area contributed by atoms with Crippen LogP contribution in [0.2, 0.25) is 0 Å². The van der Waals surface area contributed by atoms with Crippen molar-refractivity contribution in [1.82, 2.24) is 0 Å². The standard InChI is InChI=1S/C14H28O3S.Na/c1-2-3-4-5-6-7-8-9-10-13-11-14(13)12-18(15,16)17;/h13-14H,2-12H2,1H3,(H,15,16,17);/q;+1/p-1. The molecule has 0 amide bonds. The summed E-state index contributed by atoms with van der Waals surface area (Å²) < 4.78 is 31.7. The van der Waals surface area contributed by atoms with Crippen molar-refractivity contribution >= 4 is 10.1 Å². The Hall–Kier alpha value is 0.910. The van der Waals surface area contributed by atoms with E-state index < -0.39 is 10.1 Å². The summed E-state index contributed by atoms with van der Waals surface area (Å²) in [5.41, 5.74) is 0. The molecule has 0 aromatic carbocycles. The van der Waals surface area contributed by atoms with Crippen LogP contribution >= 0.6 is 0 Å². The molecule has 2 atom stereocenters. The summed E-state index contributed by atoms with van der Waals surface area (Å²) in [6.45, 7) is 2.23. The van der Waals surface area contributed by atoms with E-state index in [-0.39, 0.29) is 41.2 Å². The molecule has 0 heterocycles. The molecule has 2 unspecified atom stereocenters. The normalized spacial score (nSPS) is 22.0. The van der Waals surface area contributed by atoms with Crippen LogP contribution in [0.1, 0.15) is 71.1 Å². The van der Waals surface area contributed by atoms with Gasteiger partial charge in [0, 0.05) is 5.75 Å². The van der Waals surface area contributed by atoms with Crippen molar-refractivity contribution in [2.24, 2.45) is 11.8 Å². The second-order valence-corrected chi connectivity index (χ2v) is 7.19. The van der Waals surface area contributed by atoms with Crippen molar-refractivity contribution in [2.45, 2.75) is 71.1 Å². The smallest absolute Gasteiger partial charge is 0.748 e. The monoisotopic (exact) mass is 298 g/mol. The van der Waals surface area contributed by atoms with Crippen molar-refractivity contribution in [2.75, 3.05) is 5.75 Å². The molecule has 0 aromatic heterocycles. The third-order valence-electron chi connectivity index (χ3n) is 3.92. The van der Waals surface area contributed by atoms with Gasteiger partial charge in [0.2, 0.25) is 0 Å². The Morgan fingerprint density at radius 3 is 2.00 bits per heavy atom. The zero-order valence-electron chi connectivity index (χ0n) is 12.6. The molecule has 0 aliphatic heterocycles. The van der Waals surface area contributed by atoms with E-state index in [1.54, 1.807) is 0 Å². The summed E-state index contributed by atoms with van der Waals surface area (Å²) >= 11 is 0. The minimum Gasteiger partial charge on any atom is -0.748 e. The first-order chi connectivity index (χ1) is 8.53. The number of rotatable bonds is 11. The van der Waals surface area contributed by atoms with E-state index in [4.69, 9.17) is 0 Å². The van der Waals surface area contributed by atoms with E-state index in [1.165, 1.54) is 51.4 Å². The summed E-state index contributed by atoms with van der Waals surface area (Å²) in [6, 6.07) is 0. The molecule has 5 heteroatoms. The molecule has 1 aliphatic rings. The van der Waals surface area contributed by atoms with E-state index in [2.05, 4.69) is 6.92 Å². The van der Waals surface area contributed by atoms with Gasteiger partial charge >= 0.3 is 29.6 Å². The van der Waals surface area contributed by atoms with Gasteiger partial charge in [-0.3, -0.25) is 0 Å².